The van der Waals surface area contributed by atoms with Crippen LogP contribution in [0.5, 0.6) is 0 Å². The molecular formula is C16H23N3O4S. The molecule has 24 heavy (non-hydrogen) atoms. The molecule has 0 spiro atoms. The van der Waals surface area contributed by atoms with Crippen molar-refractivity contribution >= 4 is 21.8 Å². The van der Waals surface area contributed by atoms with E-state index in [1.54, 1.807) is 26.0 Å². The molecule has 0 saturated carbocycles. The van der Waals surface area contributed by atoms with Gasteiger partial charge in [0, 0.05) is 19.1 Å². The Bertz CT molecular complexity index is 682. The maximum atomic E-state index is 12.0. The average Bonchev–Trinajstić information content (AvgIpc) is 2.51. The van der Waals surface area contributed by atoms with E-state index in [2.05, 4.69) is 21.9 Å². The van der Waals surface area contributed by atoms with Crippen molar-refractivity contribution in [1.82, 2.24) is 15.4 Å². The lowest BCUT2D eigenvalue weighted by Gasteiger charge is -2.10. The molecule has 0 aliphatic heterocycles. The third kappa shape index (κ3) is 6.51. The van der Waals surface area contributed by atoms with Crippen molar-refractivity contribution in [3.8, 4) is 0 Å². The van der Waals surface area contributed by atoms with Crippen molar-refractivity contribution in [3.05, 3.63) is 42.5 Å². The third-order valence-corrected chi connectivity index (χ3v) is 4.61. The summed E-state index contributed by atoms with van der Waals surface area (Å²) in [5.74, 6) is -1.42. The maximum absolute atomic E-state index is 12.0. The van der Waals surface area contributed by atoms with Crippen molar-refractivity contribution in [2.24, 2.45) is 0 Å². The molecular weight excluding hydrogens is 330 g/mol. The van der Waals surface area contributed by atoms with Crippen LogP contribution in [-0.2, 0) is 26.0 Å². The van der Waals surface area contributed by atoms with Gasteiger partial charge in [0.25, 0.3) is 0 Å². The van der Waals surface area contributed by atoms with Crippen LogP contribution in [0.1, 0.15) is 19.4 Å². The van der Waals surface area contributed by atoms with E-state index in [9.17, 15) is 18.0 Å². The SMILES string of the molecule is C=CCNC(=O)C(=O)NCCc1ccc(S(=O)(=O)NC(C)C)cc1. The van der Waals surface area contributed by atoms with Gasteiger partial charge in [0.1, 0.15) is 0 Å². The smallest absolute Gasteiger partial charge is 0.309 e. The molecule has 1 rings (SSSR count). The summed E-state index contributed by atoms with van der Waals surface area (Å²) < 4.78 is 26.5. The van der Waals surface area contributed by atoms with Crippen LogP contribution in [0.25, 0.3) is 0 Å². The highest BCUT2D eigenvalue weighted by Gasteiger charge is 2.15. The normalized spacial score (nSPS) is 11.1. The second-order valence-electron chi connectivity index (χ2n) is 5.42. The molecule has 0 aliphatic rings. The van der Waals surface area contributed by atoms with Gasteiger partial charge in [-0.3, -0.25) is 9.59 Å². The van der Waals surface area contributed by atoms with Crippen LogP contribution < -0.4 is 15.4 Å². The highest BCUT2D eigenvalue weighted by molar-refractivity contribution is 7.89. The highest BCUT2D eigenvalue weighted by Crippen LogP contribution is 2.11. The van der Waals surface area contributed by atoms with Gasteiger partial charge >= 0.3 is 11.8 Å². The Labute approximate surface area is 142 Å². The largest absolute Gasteiger partial charge is 0.348 e. The van der Waals surface area contributed by atoms with Gasteiger partial charge in [0.05, 0.1) is 4.90 Å². The van der Waals surface area contributed by atoms with Crippen LogP contribution in [0.3, 0.4) is 0 Å². The number of nitrogens with one attached hydrogen (secondary N) is 3. The molecule has 0 unspecified atom stereocenters. The first kappa shape index (κ1) is 19.9. The standard InChI is InChI=1S/C16H23N3O4S/c1-4-10-17-15(20)16(21)18-11-9-13-5-7-14(8-6-13)24(22,23)19-12(2)3/h4-8,12,19H,1,9-11H2,2-3H3,(H,17,20)(H,18,21). The molecule has 0 radical (unpaired) electrons. The second kappa shape index (κ2) is 9.19. The topological polar surface area (TPSA) is 104 Å². The first-order chi connectivity index (χ1) is 11.3. The molecule has 0 aromatic heterocycles. The van der Waals surface area contributed by atoms with Crippen LogP contribution >= 0.6 is 0 Å². The zero-order valence-electron chi connectivity index (χ0n) is 13.8. The van der Waals surface area contributed by atoms with Gasteiger partial charge in [-0.05, 0) is 38.0 Å². The van der Waals surface area contributed by atoms with E-state index in [1.807, 2.05) is 0 Å². The quantitative estimate of drug-likeness (QED) is 0.463. The lowest BCUT2D eigenvalue weighted by atomic mass is 10.1. The minimum Gasteiger partial charge on any atom is -0.348 e. The van der Waals surface area contributed by atoms with Gasteiger partial charge in [-0.1, -0.05) is 18.2 Å². The summed E-state index contributed by atoms with van der Waals surface area (Å²) in [5.41, 5.74) is 0.852. The van der Waals surface area contributed by atoms with Gasteiger partial charge in [-0.15, -0.1) is 6.58 Å². The minimum absolute atomic E-state index is 0.183. The van der Waals surface area contributed by atoms with E-state index in [1.165, 1.54) is 18.2 Å². The summed E-state index contributed by atoms with van der Waals surface area (Å²) in [6.07, 6.45) is 1.97. The highest BCUT2D eigenvalue weighted by atomic mass is 32.2. The van der Waals surface area contributed by atoms with E-state index < -0.39 is 21.8 Å². The summed E-state index contributed by atoms with van der Waals surface area (Å²) in [7, 11) is -3.51. The first-order valence-electron chi connectivity index (χ1n) is 7.54. The maximum Gasteiger partial charge on any atom is 0.309 e. The molecule has 0 aliphatic carbocycles. The molecule has 1 aromatic carbocycles. The van der Waals surface area contributed by atoms with E-state index >= 15 is 0 Å². The first-order valence-corrected chi connectivity index (χ1v) is 9.02. The summed E-state index contributed by atoms with van der Waals surface area (Å²) in [5, 5.41) is 4.87. The van der Waals surface area contributed by atoms with Crippen LogP contribution in [-0.4, -0.2) is 39.4 Å². The van der Waals surface area contributed by atoms with Crippen LogP contribution in [0, 0.1) is 0 Å². The van der Waals surface area contributed by atoms with Crippen molar-refractivity contribution in [3.63, 3.8) is 0 Å². The fourth-order valence-corrected chi connectivity index (χ4v) is 3.11. The Hall–Kier alpha value is -2.19. The zero-order valence-corrected chi connectivity index (χ0v) is 14.7. The van der Waals surface area contributed by atoms with E-state index in [-0.39, 0.29) is 24.0 Å². The molecule has 7 nitrogen and oxygen atoms in total. The average molecular weight is 353 g/mol. The Morgan fingerprint density at radius 1 is 1.12 bits per heavy atom. The van der Waals surface area contributed by atoms with Gasteiger partial charge in [0.2, 0.25) is 10.0 Å². The second-order valence-corrected chi connectivity index (χ2v) is 7.14. The molecule has 132 valence electrons. The van der Waals surface area contributed by atoms with Crippen LogP contribution in [0.15, 0.2) is 41.8 Å². The van der Waals surface area contributed by atoms with Crippen molar-refractivity contribution in [2.45, 2.75) is 31.2 Å². The molecule has 2 amide bonds. The zero-order chi connectivity index (χ0) is 18.2. The number of hydrogen-bond donors (Lipinski definition) is 3. The number of benzene rings is 1. The molecule has 0 heterocycles. The lowest BCUT2D eigenvalue weighted by Crippen LogP contribution is -2.40. The fourth-order valence-electron chi connectivity index (χ4n) is 1.86. The monoisotopic (exact) mass is 353 g/mol. The minimum atomic E-state index is -3.51. The Balaban J connectivity index is 2.52. The number of sulfonamides is 1. The van der Waals surface area contributed by atoms with Gasteiger partial charge in [0.15, 0.2) is 0 Å². The van der Waals surface area contributed by atoms with Gasteiger partial charge < -0.3 is 10.6 Å². The van der Waals surface area contributed by atoms with Crippen molar-refractivity contribution < 1.29 is 18.0 Å². The Morgan fingerprint density at radius 3 is 2.25 bits per heavy atom. The van der Waals surface area contributed by atoms with E-state index in [4.69, 9.17) is 0 Å². The van der Waals surface area contributed by atoms with Gasteiger partial charge in [-0.2, -0.15) is 0 Å². The summed E-state index contributed by atoms with van der Waals surface area (Å²) in [4.78, 5) is 23.0. The predicted octanol–water partition coefficient (Wildman–Crippen LogP) is 0.334. The fraction of sp³-hybridized carbons (Fsp3) is 0.375. The number of hydrogen-bond acceptors (Lipinski definition) is 4. The van der Waals surface area contributed by atoms with E-state index in [0.717, 1.165) is 5.56 Å². The van der Waals surface area contributed by atoms with Crippen LogP contribution in [0.2, 0.25) is 0 Å². The molecule has 1 aromatic rings. The molecule has 0 atom stereocenters. The Morgan fingerprint density at radius 2 is 1.71 bits per heavy atom. The molecule has 0 bridgehead atoms. The molecule has 0 fully saturated rings. The Kier molecular flexibility index (Phi) is 7.60. The number of rotatable bonds is 8. The number of amides is 2. The summed E-state index contributed by atoms with van der Waals surface area (Å²) in [6, 6.07) is 6.20. The predicted molar refractivity (Wildman–Crippen MR) is 91.8 cm³/mol. The summed E-state index contributed by atoms with van der Waals surface area (Å²) in [6.45, 7) is 7.44. The lowest BCUT2D eigenvalue weighted by molar-refractivity contribution is -0.139. The molecule has 0 saturated heterocycles. The number of carbonyl (C=O) groups is 2. The number of carbonyl (C=O) groups excluding carboxylic acids is 2. The van der Waals surface area contributed by atoms with Crippen molar-refractivity contribution in [1.29, 1.82) is 0 Å². The third-order valence-electron chi connectivity index (χ3n) is 2.94. The molecule has 3 N–H and O–H groups in total. The van der Waals surface area contributed by atoms with Gasteiger partial charge in [-0.25, -0.2) is 13.1 Å². The van der Waals surface area contributed by atoms with Crippen molar-refractivity contribution in [2.75, 3.05) is 13.1 Å². The van der Waals surface area contributed by atoms with E-state index in [0.29, 0.717) is 6.42 Å². The molecule has 8 heteroatoms. The summed E-state index contributed by atoms with van der Waals surface area (Å²) >= 11 is 0. The van der Waals surface area contributed by atoms with Crippen LogP contribution in [0.4, 0.5) is 0 Å².